The summed E-state index contributed by atoms with van der Waals surface area (Å²) in [5, 5.41) is -0.542. The number of halogens is 1. The molecule has 5 nitrogen and oxygen atoms in total. The molecule has 19 heavy (non-hydrogen) atoms. The number of hydrogen-bond acceptors (Lipinski definition) is 4. The van der Waals surface area contributed by atoms with Crippen molar-refractivity contribution in [1.29, 1.82) is 0 Å². The zero-order valence-corrected chi connectivity index (χ0v) is 13.4. The third kappa shape index (κ3) is 5.95. The van der Waals surface area contributed by atoms with Gasteiger partial charge in [0.25, 0.3) is 0 Å². The van der Waals surface area contributed by atoms with Crippen molar-refractivity contribution < 1.29 is 13.2 Å². The summed E-state index contributed by atoms with van der Waals surface area (Å²) in [6.45, 7) is 2.22. The van der Waals surface area contributed by atoms with E-state index in [0.717, 1.165) is 12.8 Å². The molecule has 1 rings (SSSR count). The highest BCUT2D eigenvalue weighted by Gasteiger charge is 2.29. The number of methoxy groups -OCH3 is 1. The molecule has 7 heteroatoms. The quantitative estimate of drug-likeness (QED) is 0.741. The van der Waals surface area contributed by atoms with E-state index in [1.807, 2.05) is 0 Å². The van der Waals surface area contributed by atoms with Gasteiger partial charge in [-0.05, 0) is 25.7 Å². The smallest absolute Gasteiger partial charge is 0.216 e. The lowest BCUT2D eigenvalue weighted by Gasteiger charge is -2.30. The second kappa shape index (κ2) is 9.13. The number of nitrogens with two attached hydrogens (primary N) is 1. The molecule has 0 aliphatic heterocycles. The van der Waals surface area contributed by atoms with E-state index < -0.39 is 15.3 Å². The summed E-state index contributed by atoms with van der Waals surface area (Å²) in [6, 6.07) is -0.130. The molecule has 2 unspecified atom stereocenters. The van der Waals surface area contributed by atoms with Crippen molar-refractivity contribution in [2.24, 2.45) is 11.7 Å². The van der Waals surface area contributed by atoms with Gasteiger partial charge in [0.2, 0.25) is 10.0 Å². The maximum absolute atomic E-state index is 12.1. The van der Waals surface area contributed by atoms with Crippen LogP contribution in [-0.4, -0.2) is 40.0 Å². The highest BCUT2D eigenvalue weighted by atomic mass is 35.5. The summed E-state index contributed by atoms with van der Waals surface area (Å²) in [5.41, 5.74) is 5.73. The SMILES string of the molecule is COCC(C)S(=O)(=O)NC(CN)C1CCCCC1.Cl. The molecule has 1 fully saturated rings. The van der Waals surface area contributed by atoms with Gasteiger partial charge in [0, 0.05) is 19.7 Å². The van der Waals surface area contributed by atoms with Crippen LogP contribution >= 0.6 is 12.4 Å². The Labute approximate surface area is 123 Å². The van der Waals surface area contributed by atoms with Gasteiger partial charge in [-0.3, -0.25) is 0 Å². The Hall–Kier alpha value is 0.120. The van der Waals surface area contributed by atoms with E-state index in [9.17, 15) is 8.42 Å². The molecule has 0 aromatic heterocycles. The van der Waals surface area contributed by atoms with Crippen LogP contribution in [0.25, 0.3) is 0 Å². The maximum atomic E-state index is 12.1. The predicted molar refractivity (Wildman–Crippen MR) is 80.1 cm³/mol. The topological polar surface area (TPSA) is 81.4 Å². The van der Waals surface area contributed by atoms with Crippen molar-refractivity contribution in [2.45, 2.75) is 50.3 Å². The van der Waals surface area contributed by atoms with E-state index in [0.29, 0.717) is 12.5 Å². The average Bonchev–Trinajstić information content (AvgIpc) is 2.37. The first-order valence-electron chi connectivity index (χ1n) is 6.71. The van der Waals surface area contributed by atoms with Crippen molar-refractivity contribution in [1.82, 2.24) is 4.72 Å². The minimum Gasteiger partial charge on any atom is -0.383 e. The van der Waals surface area contributed by atoms with Crippen molar-refractivity contribution >= 4 is 22.4 Å². The Kier molecular flexibility index (Phi) is 9.19. The fraction of sp³-hybridized carbons (Fsp3) is 1.00. The molecule has 0 aromatic carbocycles. The molecule has 2 atom stereocenters. The van der Waals surface area contributed by atoms with Crippen LogP contribution in [0.1, 0.15) is 39.0 Å². The van der Waals surface area contributed by atoms with E-state index in [1.54, 1.807) is 6.92 Å². The van der Waals surface area contributed by atoms with E-state index in [4.69, 9.17) is 10.5 Å². The molecule has 0 heterocycles. The molecule has 0 saturated heterocycles. The van der Waals surface area contributed by atoms with Crippen LogP contribution in [0.2, 0.25) is 0 Å². The number of ether oxygens (including phenoxy) is 1. The molecular formula is C12H27ClN2O3S. The van der Waals surface area contributed by atoms with Gasteiger partial charge in [0.05, 0.1) is 11.9 Å². The Balaban J connectivity index is 0.00000324. The van der Waals surface area contributed by atoms with Crippen LogP contribution in [0.15, 0.2) is 0 Å². The Morgan fingerprint density at radius 1 is 1.32 bits per heavy atom. The molecule has 1 aliphatic rings. The number of nitrogens with one attached hydrogen (secondary N) is 1. The minimum absolute atomic E-state index is 0. The largest absolute Gasteiger partial charge is 0.383 e. The van der Waals surface area contributed by atoms with Crippen LogP contribution in [0.4, 0.5) is 0 Å². The first-order valence-corrected chi connectivity index (χ1v) is 8.26. The summed E-state index contributed by atoms with van der Waals surface area (Å²) < 4.78 is 31.8. The molecule has 0 amide bonds. The van der Waals surface area contributed by atoms with E-state index in [1.165, 1.54) is 26.4 Å². The third-order valence-electron chi connectivity index (χ3n) is 3.72. The van der Waals surface area contributed by atoms with Crippen molar-refractivity contribution in [3.63, 3.8) is 0 Å². The average molecular weight is 315 g/mol. The second-order valence-electron chi connectivity index (χ2n) is 5.17. The van der Waals surface area contributed by atoms with E-state index in [-0.39, 0.29) is 25.1 Å². The molecule has 116 valence electrons. The van der Waals surface area contributed by atoms with Gasteiger partial charge < -0.3 is 10.5 Å². The molecule has 1 aliphatic carbocycles. The fourth-order valence-corrected chi connectivity index (χ4v) is 3.78. The van der Waals surface area contributed by atoms with Gasteiger partial charge in [-0.1, -0.05) is 19.3 Å². The summed E-state index contributed by atoms with van der Waals surface area (Å²) in [6.07, 6.45) is 5.75. The lowest BCUT2D eigenvalue weighted by molar-refractivity contribution is 0.199. The molecule has 3 N–H and O–H groups in total. The first kappa shape index (κ1) is 19.1. The molecule has 0 radical (unpaired) electrons. The van der Waals surface area contributed by atoms with E-state index in [2.05, 4.69) is 4.72 Å². The normalized spacial score (nSPS) is 20.6. The Morgan fingerprint density at radius 2 is 1.89 bits per heavy atom. The second-order valence-corrected chi connectivity index (χ2v) is 7.30. The number of sulfonamides is 1. The molecule has 1 saturated carbocycles. The van der Waals surface area contributed by atoms with Crippen LogP contribution in [0.3, 0.4) is 0 Å². The van der Waals surface area contributed by atoms with Crippen molar-refractivity contribution in [3.05, 3.63) is 0 Å². The highest BCUT2D eigenvalue weighted by Crippen LogP contribution is 2.26. The maximum Gasteiger partial charge on any atom is 0.216 e. The third-order valence-corrected chi connectivity index (χ3v) is 5.55. The van der Waals surface area contributed by atoms with Crippen molar-refractivity contribution in [3.8, 4) is 0 Å². The summed E-state index contributed by atoms with van der Waals surface area (Å²) in [5.74, 6) is 0.383. The minimum atomic E-state index is -3.34. The fourth-order valence-electron chi connectivity index (χ4n) is 2.52. The summed E-state index contributed by atoms with van der Waals surface area (Å²) >= 11 is 0. The number of hydrogen-bond donors (Lipinski definition) is 2. The molecular weight excluding hydrogens is 288 g/mol. The van der Waals surface area contributed by atoms with Gasteiger partial charge >= 0.3 is 0 Å². The first-order chi connectivity index (χ1) is 8.51. The van der Waals surface area contributed by atoms with Gasteiger partial charge in [-0.2, -0.15) is 0 Å². The van der Waals surface area contributed by atoms with Crippen LogP contribution in [0, 0.1) is 5.92 Å². The number of rotatable bonds is 7. The predicted octanol–water partition coefficient (Wildman–Crippen LogP) is 1.27. The molecule has 0 aromatic rings. The monoisotopic (exact) mass is 314 g/mol. The standard InChI is InChI=1S/C12H26N2O3S.ClH/c1-10(9-17-2)18(15,16)14-12(8-13)11-6-4-3-5-7-11;/h10-12,14H,3-9,13H2,1-2H3;1H. The van der Waals surface area contributed by atoms with Gasteiger partial charge in [0.15, 0.2) is 0 Å². The van der Waals surface area contributed by atoms with E-state index >= 15 is 0 Å². The summed E-state index contributed by atoms with van der Waals surface area (Å²) in [4.78, 5) is 0. The lowest BCUT2D eigenvalue weighted by atomic mass is 9.84. The molecule has 0 bridgehead atoms. The zero-order valence-electron chi connectivity index (χ0n) is 11.8. The Bertz CT molecular complexity index is 332. The van der Waals surface area contributed by atoms with Crippen LogP contribution in [-0.2, 0) is 14.8 Å². The van der Waals surface area contributed by atoms with Crippen LogP contribution in [0.5, 0.6) is 0 Å². The van der Waals surface area contributed by atoms with Crippen molar-refractivity contribution in [2.75, 3.05) is 20.3 Å². The highest BCUT2D eigenvalue weighted by molar-refractivity contribution is 7.90. The van der Waals surface area contributed by atoms with Gasteiger partial charge in [-0.25, -0.2) is 13.1 Å². The zero-order chi connectivity index (χ0) is 13.6. The Morgan fingerprint density at radius 3 is 2.37 bits per heavy atom. The van der Waals surface area contributed by atoms with Gasteiger partial charge in [-0.15, -0.1) is 12.4 Å². The van der Waals surface area contributed by atoms with Gasteiger partial charge in [0.1, 0.15) is 0 Å². The molecule has 0 spiro atoms. The van der Waals surface area contributed by atoms with Crippen LogP contribution < -0.4 is 10.5 Å². The lowest BCUT2D eigenvalue weighted by Crippen LogP contribution is -2.49. The summed E-state index contributed by atoms with van der Waals surface area (Å²) in [7, 11) is -1.83.